The lowest BCUT2D eigenvalue weighted by Crippen LogP contribution is -2.40. The van der Waals surface area contributed by atoms with Crippen molar-refractivity contribution >= 4 is 6.03 Å². The van der Waals surface area contributed by atoms with Crippen molar-refractivity contribution in [3.63, 3.8) is 0 Å². The first kappa shape index (κ1) is 11.9. The molecule has 2 amide bonds. The second-order valence-electron chi connectivity index (χ2n) is 4.26. The van der Waals surface area contributed by atoms with E-state index in [-0.39, 0.29) is 23.9 Å². The summed E-state index contributed by atoms with van der Waals surface area (Å²) in [5.74, 6) is -0.292. The maximum Gasteiger partial charge on any atom is 0.318 e. The zero-order valence-corrected chi connectivity index (χ0v) is 9.69. The summed E-state index contributed by atoms with van der Waals surface area (Å²) in [6.07, 6.45) is 0. The fourth-order valence-electron chi connectivity index (χ4n) is 2.00. The molecule has 92 valence electrons. The third kappa shape index (κ3) is 2.24. The van der Waals surface area contributed by atoms with Gasteiger partial charge < -0.3 is 16.0 Å². The number of amides is 2. The summed E-state index contributed by atoms with van der Waals surface area (Å²) in [5, 5.41) is 2.77. The predicted molar refractivity (Wildman–Crippen MR) is 62.9 cm³/mol. The highest BCUT2D eigenvalue weighted by Crippen LogP contribution is 2.23. The van der Waals surface area contributed by atoms with Crippen LogP contribution in [0.25, 0.3) is 0 Å². The van der Waals surface area contributed by atoms with E-state index in [1.807, 2.05) is 6.92 Å². The van der Waals surface area contributed by atoms with Crippen LogP contribution < -0.4 is 11.1 Å². The van der Waals surface area contributed by atoms with Crippen molar-refractivity contribution in [1.82, 2.24) is 10.2 Å². The molecule has 4 nitrogen and oxygen atoms in total. The second-order valence-corrected chi connectivity index (χ2v) is 4.26. The first-order valence-electron chi connectivity index (χ1n) is 5.65. The number of benzene rings is 1. The van der Waals surface area contributed by atoms with E-state index in [2.05, 4.69) is 5.32 Å². The molecule has 0 aliphatic carbocycles. The van der Waals surface area contributed by atoms with Crippen LogP contribution in [0.5, 0.6) is 0 Å². The van der Waals surface area contributed by atoms with Gasteiger partial charge in [0.05, 0.1) is 6.04 Å². The predicted octanol–water partition coefficient (Wildman–Crippen LogP) is 1.24. The Morgan fingerprint density at radius 2 is 2.29 bits per heavy atom. The molecule has 1 aromatic rings. The fraction of sp³-hybridized carbons (Fsp3) is 0.417. The molecule has 17 heavy (non-hydrogen) atoms. The van der Waals surface area contributed by atoms with Gasteiger partial charge >= 0.3 is 6.03 Å². The number of carbonyl (C=O) groups excluding carboxylic acids is 1. The van der Waals surface area contributed by atoms with Crippen molar-refractivity contribution in [3.8, 4) is 0 Å². The summed E-state index contributed by atoms with van der Waals surface area (Å²) in [7, 11) is 0. The standard InChI is InChI=1S/C12H16FN3O/c1-8(6-14)16-7-11(15-12(16)17)9-4-2-3-5-10(9)13/h2-5,8,11H,6-7,14H2,1H3,(H,15,17). The lowest BCUT2D eigenvalue weighted by molar-refractivity contribution is 0.203. The molecule has 0 bridgehead atoms. The topological polar surface area (TPSA) is 58.4 Å². The van der Waals surface area contributed by atoms with E-state index in [1.54, 1.807) is 23.1 Å². The Morgan fingerprint density at radius 1 is 1.59 bits per heavy atom. The Bertz CT molecular complexity index is 424. The number of carbonyl (C=O) groups is 1. The van der Waals surface area contributed by atoms with Gasteiger partial charge in [-0.25, -0.2) is 9.18 Å². The molecule has 1 fully saturated rings. The summed E-state index contributed by atoms with van der Waals surface area (Å²) in [5.41, 5.74) is 6.05. The number of hydrogen-bond donors (Lipinski definition) is 2. The van der Waals surface area contributed by atoms with Crippen LogP contribution in [0, 0.1) is 5.82 Å². The van der Waals surface area contributed by atoms with Gasteiger partial charge in [0.25, 0.3) is 0 Å². The van der Waals surface area contributed by atoms with Crippen LogP contribution in [-0.2, 0) is 0 Å². The maximum absolute atomic E-state index is 13.6. The fourth-order valence-corrected chi connectivity index (χ4v) is 2.00. The first-order chi connectivity index (χ1) is 8.13. The van der Waals surface area contributed by atoms with Gasteiger partial charge in [-0.3, -0.25) is 0 Å². The van der Waals surface area contributed by atoms with E-state index in [0.29, 0.717) is 18.7 Å². The highest BCUT2D eigenvalue weighted by atomic mass is 19.1. The summed E-state index contributed by atoms with van der Waals surface area (Å²) in [6.45, 7) is 2.73. The molecule has 1 aromatic carbocycles. The molecular weight excluding hydrogens is 221 g/mol. The summed E-state index contributed by atoms with van der Waals surface area (Å²) in [4.78, 5) is 13.3. The van der Waals surface area contributed by atoms with Crippen molar-refractivity contribution < 1.29 is 9.18 Å². The van der Waals surface area contributed by atoms with Gasteiger partial charge in [-0.15, -0.1) is 0 Å². The molecule has 2 unspecified atom stereocenters. The summed E-state index contributed by atoms with van der Waals surface area (Å²) < 4.78 is 13.6. The van der Waals surface area contributed by atoms with Gasteiger partial charge in [0, 0.05) is 24.7 Å². The van der Waals surface area contributed by atoms with Gasteiger partial charge in [-0.2, -0.15) is 0 Å². The van der Waals surface area contributed by atoms with E-state index in [1.165, 1.54) is 6.07 Å². The van der Waals surface area contributed by atoms with E-state index in [9.17, 15) is 9.18 Å². The average molecular weight is 237 g/mol. The minimum atomic E-state index is -0.294. The van der Waals surface area contributed by atoms with Crippen LogP contribution in [0.2, 0.25) is 0 Å². The molecule has 1 heterocycles. The molecule has 2 rings (SSSR count). The van der Waals surface area contributed by atoms with Crippen molar-refractivity contribution in [1.29, 1.82) is 0 Å². The van der Waals surface area contributed by atoms with E-state index < -0.39 is 0 Å². The molecular formula is C12H16FN3O. The minimum absolute atomic E-state index is 0.0354. The van der Waals surface area contributed by atoms with Gasteiger partial charge in [0.15, 0.2) is 0 Å². The van der Waals surface area contributed by atoms with Crippen LogP contribution >= 0.6 is 0 Å². The number of urea groups is 1. The van der Waals surface area contributed by atoms with Crippen LogP contribution in [0.15, 0.2) is 24.3 Å². The lowest BCUT2D eigenvalue weighted by atomic mass is 10.1. The SMILES string of the molecule is CC(CN)N1CC(c2ccccc2F)NC1=O. The monoisotopic (exact) mass is 237 g/mol. The van der Waals surface area contributed by atoms with Gasteiger partial charge in [-0.05, 0) is 13.0 Å². The molecule has 1 aliphatic heterocycles. The molecule has 1 aliphatic rings. The zero-order chi connectivity index (χ0) is 12.4. The molecule has 3 N–H and O–H groups in total. The third-order valence-corrected chi connectivity index (χ3v) is 3.09. The molecule has 0 spiro atoms. The van der Waals surface area contributed by atoms with E-state index in [0.717, 1.165) is 0 Å². The Labute approximate surface area is 99.6 Å². The smallest absolute Gasteiger partial charge is 0.318 e. The van der Waals surface area contributed by atoms with Crippen molar-refractivity contribution in [3.05, 3.63) is 35.6 Å². The normalized spacial score (nSPS) is 21.5. The number of halogens is 1. The zero-order valence-electron chi connectivity index (χ0n) is 9.69. The molecule has 5 heteroatoms. The van der Waals surface area contributed by atoms with Crippen LogP contribution in [-0.4, -0.2) is 30.1 Å². The molecule has 0 saturated carbocycles. The molecule has 0 radical (unpaired) electrons. The highest BCUT2D eigenvalue weighted by molar-refractivity contribution is 5.77. The number of rotatable bonds is 3. The third-order valence-electron chi connectivity index (χ3n) is 3.09. The molecule has 2 atom stereocenters. The van der Waals surface area contributed by atoms with E-state index in [4.69, 9.17) is 5.73 Å². The largest absolute Gasteiger partial charge is 0.329 e. The highest BCUT2D eigenvalue weighted by Gasteiger charge is 2.33. The number of hydrogen-bond acceptors (Lipinski definition) is 2. The van der Waals surface area contributed by atoms with E-state index >= 15 is 0 Å². The lowest BCUT2D eigenvalue weighted by Gasteiger charge is -2.21. The van der Waals surface area contributed by atoms with Crippen molar-refractivity contribution in [2.24, 2.45) is 5.73 Å². The number of nitrogens with two attached hydrogens (primary N) is 1. The Kier molecular flexibility index (Phi) is 3.28. The first-order valence-corrected chi connectivity index (χ1v) is 5.65. The quantitative estimate of drug-likeness (QED) is 0.831. The van der Waals surface area contributed by atoms with Crippen molar-refractivity contribution in [2.45, 2.75) is 19.0 Å². The van der Waals surface area contributed by atoms with Crippen molar-refractivity contribution in [2.75, 3.05) is 13.1 Å². The Morgan fingerprint density at radius 3 is 2.94 bits per heavy atom. The average Bonchev–Trinajstić information content (AvgIpc) is 2.71. The number of nitrogens with one attached hydrogen (secondary N) is 1. The van der Waals surface area contributed by atoms with Gasteiger partial charge in [-0.1, -0.05) is 18.2 Å². The molecule has 1 saturated heterocycles. The van der Waals surface area contributed by atoms with Crippen LogP contribution in [0.1, 0.15) is 18.5 Å². The Balaban J connectivity index is 2.17. The minimum Gasteiger partial charge on any atom is -0.329 e. The van der Waals surface area contributed by atoms with Gasteiger partial charge in [0.1, 0.15) is 5.82 Å². The second kappa shape index (κ2) is 4.71. The molecule has 0 aromatic heterocycles. The summed E-state index contributed by atoms with van der Waals surface area (Å²) in [6, 6.07) is 5.98. The number of nitrogens with zero attached hydrogens (tertiary/aromatic N) is 1. The summed E-state index contributed by atoms with van der Waals surface area (Å²) >= 11 is 0. The Hall–Kier alpha value is -1.62. The van der Waals surface area contributed by atoms with Gasteiger partial charge in [0.2, 0.25) is 0 Å². The van der Waals surface area contributed by atoms with Crippen LogP contribution in [0.4, 0.5) is 9.18 Å². The maximum atomic E-state index is 13.6. The van der Waals surface area contributed by atoms with Crippen LogP contribution in [0.3, 0.4) is 0 Å².